The Labute approximate surface area is 157 Å². The molecule has 2 N–H and O–H groups in total. The minimum atomic E-state index is -0.765. The van der Waals surface area contributed by atoms with Crippen LogP contribution in [0.2, 0.25) is 0 Å². The highest BCUT2D eigenvalue weighted by Gasteiger charge is 2.33. The number of benzene rings is 1. The fourth-order valence-corrected chi connectivity index (χ4v) is 3.96. The number of nitrogens with zero attached hydrogens (tertiary/aromatic N) is 1. The summed E-state index contributed by atoms with van der Waals surface area (Å²) in [6.07, 6.45) is 3.77. The van der Waals surface area contributed by atoms with Gasteiger partial charge < -0.3 is 15.3 Å². The molecule has 2 aliphatic rings. The average molecular weight is 376 g/mol. The molecule has 1 aliphatic carbocycles. The van der Waals surface area contributed by atoms with E-state index in [9.17, 15) is 18.8 Å². The van der Waals surface area contributed by atoms with E-state index in [-0.39, 0.29) is 35.5 Å². The average Bonchev–Trinajstić information content (AvgIpc) is 2.68. The molecule has 1 aliphatic heterocycles. The molecule has 1 aromatic rings. The van der Waals surface area contributed by atoms with Gasteiger partial charge in [0.2, 0.25) is 5.91 Å². The van der Waals surface area contributed by atoms with Gasteiger partial charge in [-0.25, -0.2) is 4.39 Å². The van der Waals surface area contributed by atoms with E-state index in [1.165, 1.54) is 24.3 Å². The quantitative estimate of drug-likeness (QED) is 0.845. The number of piperidine rings is 1. The Bertz CT molecular complexity index is 690. The first-order chi connectivity index (χ1) is 12.9. The molecule has 2 fully saturated rings. The minimum absolute atomic E-state index is 0.00523. The SMILES string of the molecule is O=C(NC1CCN(C(=O)C2CCC(C(=O)O)CC2)CC1)c1ccc(F)cc1. The molecular formula is C20H25FN2O4. The van der Waals surface area contributed by atoms with Crippen LogP contribution in [-0.4, -0.2) is 46.9 Å². The van der Waals surface area contributed by atoms with E-state index in [2.05, 4.69) is 5.32 Å². The van der Waals surface area contributed by atoms with Crippen LogP contribution in [0.1, 0.15) is 48.9 Å². The highest BCUT2D eigenvalue weighted by atomic mass is 19.1. The molecule has 2 amide bonds. The van der Waals surface area contributed by atoms with Crippen LogP contribution >= 0.6 is 0 Å². The van der Waals surface area contributed by atoms with Crippen LogP contribution in [0, 0.1) is 17.7 Å². The molecule has 1 heterocycles. The first-order valence-electron chi connectivity index (χ1n) is 9.52. The van der Waals surface area contributed by atoms with Crippen molar-refractivity contribution < 1.29 is 23.9 Å². The molecule has 0 aromatic heterocycles. The van der Waals surface area contributed by atoms with Crippen LogP contribution in [0.4, 0.5) is 4.39 Å². The highest BCUT2D eigenvalue weighted by molar-refractivity contribution is 5.94. The smallest absolute Gasteiger partial charge is 0.306 e. The van der Waals surface area contributed by atoms with E-state index >= 15 is 0 Å². The number of carboxylic acid groups (broad SMARTS) is 1. The normalized spacial score (nSPS) is 23.7. The van der Waals surface area contributed by atoms with Crippen LogP contribution in [0.15, 0.2) is 24.3 Å². The van der Waals surface area contributed by atoms with Gasteiger partial charge in [-0.1, -0.05) is 0 Å². The number of carbonyl (C=O) groups excluding carboxylic acids is 2. The lowest BCUT2D eigenvalue weighted by molar-refractivity contribution is -0.146. The van der Waals surface area contributed by atoms with Crippen molar-refractivity contribution in [3.63, 3.8) is 0 Å². The predicted molar refractivity (Wildman–Crippen MR) is 96.6 cm³/mol. The molecule has 7 heteroatoms. The molecule has 0 atom stereocenters. The second kappa shape index (κ2) is 8.50. The summed E-state index contributed by atoms with van der Waals surface area (Å²) in [5.74, 6) is -1.66. The molecule has 0 bridgehead atoms. The summed E-state index contributed by atoms with van der Waals surface area (Å²) in [4.78, 5) is 37.7. The lowest BCUT2D eigenvalue weighted by Gasteiger charge is -2.36. The van der Waals surface area contributed by atoms with Gasteiger partial charge in [-0.15, -0.1) is 0 Å². The van der Waals surface area contributed by atoms with Gasteiger partial charge in [0.25, 0.3) is 5.91 Å². The molecule has 6 nitrogen and oxygen atoms in total. The van der Waals surface area contributed by atoms with Crippen molar-refractivity contribution in [3.05, 3.63) is 35.6 Å². The van der Waals surface area contributed by atoms with Crippen molar-refractivity contribution in [1.82, 2.24) is 10.2 Å². The van der Waals surface area contributed by atoms with Crippen molar-refractivity contribution in [1.29, 1.82) is 0 Å². The van der Waals surface area contributed by atoms with Gasteiger partial charge in [0.1, 0.15) is 5.82 Å². The number of rotatable bonds is 4. The Morgan fingerprint density at radius 3 is 2.04 bits per heavy atom. The third-order valence-electron chi connectivity index (χ3n) is 5.67. The maximum atomic E-state index is 12.9. The van der Waals surface area contributed by atoms with Gasteiger partial charge in [-0.2, -0.15) is 0 Å². The first kappa shape index (κ1) is 19.3. The third-order valence-corrected chi connectivity index (χ3v) is 5.67. The fraction of sp³-hybridized carbons (Fsp3) is 0.550. The van der Waals surface area contributed by atoms with Gasteiger partial charge in [-0.05, 0) is 62.8 Å². The number of halogens is 1. The number of nitrogens with one attached hydrogen (secondary N) is 1. The molecule has 0 unspecified atom stereocenters. The monoisotopic (exact) mass is 376 g/mol. The second-order valence-corrected chi connectivity index (χ2v) is 7.47. The summed E-state index contributed by atoms with van der Waals surface area (Å²) in [5, 5.41) is 12.0. The molecule has 3 rings (SSSR count). The van der Waals surface area contributed by atoms with E-state index in [1.807, 2.05) is 4.90 Å². The van der Waals surface area contributed by atoms with E-state index < -0.39 is 5.97 Å². The van der Waals surface area contributed by atoms with Gasteiger partial charge in [-0.3, -0.25) is 14.4 Å². The fourth-order valence-electron chi connectivity index (χ4n) is 3.96. The van der Waals surface area contributed by atoms with Crippen molar-refractivity contribution in [2.75, 3.05) is 13.1 Å². The predicted octanol–water partition coefficient (Wildman–Crippen LogP) is 2.44. The van der Waals surface area contributed by atoms with E-state index in [0.29, 0.717) is 57.2 Å². The molecule has 146 valence electrons. The van der Waals surface area contributed by atoms with E-state index in [0.717, 1.165) is 0 Å². The Hall–Kier alpha value is -2.44. The number of aliphatic carboxylic acids is 1. The zero-order valence-corrected chi connectivity index (χ0v) is 15.2. The summed E-state index contributed by atoms with van der Waals surface area (Å²) in [7, 11) is 0. The lowest BCUT2D eigenvalue weighted by Crippen LogP contribution is -2.48. The number of carboxylic acids is 1. The zero-order chi connectivity index (χ0) is 19.4. The Morgan fingerprint density at radius 1 is 0.926 bits per heavy atom. The van der Waals surface area contributed by atoms with Gasteiger partial charge >= 0.3 is 5.97 Å². The van der Waals surface area contributed by atoms with Gasteiger partial charge in [0, 0.05) is 30.6 Å². The van der Waals surface area contributed by atoms with Crippen LogP contribution in [0.25, 0.3) is 0 Å². The highest BCUT2D eigenvalue weighted by Crippen LogP contribution is 2.31. The molecule has 1 aromatic carbocycles. The Morgan fingerprint density at radius 2 is 1.48 bits per heavy atom. The maximum Gasteiger partial charge on any atom is 0.306 e. The third kappa shape index (κ3) is 4.84. The standard InChI is InChI=1S/C20H25FN2O4/c21-16-7-5-13(6-8-16)18(24)22-17-9-11-23(12-10-17)19(25)14-1-3-15(4-2-14)20(26)27/h5-8,14-15,17H,1-4,9-12H2,(H,22,24)(H,26,27). The Balaban J connectivity index is 1.44. The largest absolute Gasteiger partial charge is 0.481 e. The van der Waals surface area contributed by atoms with E-state index in [1.54, 1.807) is 0 Å². The molecule has 27 heavy (non-hydrogen) atoms. The molecule has 0 spiro atoms. The molecule has 1 saturated heterocycles. The van der Waals surface area contributed by atoms with Gasteiger partial charge in [0.05, 0.1) is 5.92 Å². The number of amides is 2. The van der Waals surface area contributed by atoms with Crippen LogP contribution in [0.3, 0.4) is 0 Å². The van der Waals surface area contributed by atoms with Crippen molar-refractivity contribution in [3.8, 4) is 0 Å². The number of hydrogen-bond donors (Lipinski definition) is 2. The number of carbonyl (C=O) groups is 3. The summed E-state index contributed by atoms with van der Waals surface area (Å²) in [6, 6.07) is 5.42. The summed E-state index contributed by atoms with van der Waals surface area (Å²) in [5.41, 5.74) is 0.421. The summed E-state index contributed by atoms with van der Waals surface area (Å²) >= 11 is 0. The lowest BCUT2D eigenvalue weighted by atomic mass is 9.81. The molecule has 0 radical (unpaired) electrons. The van der Waals surface area contributed by atoms with Crippen LogP contribution in [-0.2, 0) is 9.59 Å². The summed E-state index contributed by atoms with van der Waals surface area (Å²) in [6.45, 7) is 1.18. The second-order valence-electron chi connectivity index (χ2n) is 7.47. The van der Waals surface area contributed by atoms with Crippen molar-refractivity contribution in [2.45, 2.75) is 44.6 Å². The maximum absolute atomic E-state index is 12.9. The van der Waals surface area contributed by atoms with Crippen LogP contribution in [0.5, 0.6) is 0 Å². The number of likely N-dealkylation sites (tertiary alicyclic amines) is 1. The Kier molecular flexibility index (Phi) is 6.08. The van der Waals surface area contributed by atoms with Crippen molar-refractivity contribution >= 4 is 17.8 Å². The van der Waals surface area contributed by atoms with Gasteiger partial charge in [0.15, 0.2) is 0 Å². The summed E-state index contributed by atoms with van der Waals surface area (Å²) < 4.78 is 12.9. The van der Waals surface area contributed by atoms with Crippen LogP contribution < -0.4 is 5.32 Å². The van der Waals surface area contributed by atoms with E-state index in [4.69, 9.17) is 5.11 Å². The van der Waals surface area contributed by atoms with Crippen molar-refractivity contribution in [2.24, 2.45) is 11.8 Å². The topological polar surface area (TPSA) is 86.7 Å². The molecule has 1 saturated carbocycles. The number of hydrogen-bond acceptors (Lipinski definition) is 3. The zero-order valence-electron chi connectivity index (χ0n) is 15.2. The molecular weight excluding hydrogens is 351 g/mol. The minimum Gasteiger partial charge on any atom is -0.481 e. The first-order valence-corrected chi connectivity index (χ1v) is 9.52.